The van der Waals surface area contributed by atoms with E-state index in [0.29, 0.717) is 11.5 Å². The molecular formula is C25H23NO5. The van der Waals surface area contributed by atoms with E-state index >= 15 is 0 Å². The zero-order valence-electron chi connectivity index (χ0n) is 17.5. The van der Waals surface area contributed by atoms with Gasteiger partial charge in [0.2, 0.25) is 6.79 Å². The molecule has 6 nitrogen and oxygen atoms in total. The number of ketones is 1. The Morgan fingerprint density at radius 1 is 1.00 bits per heavy atom. The van der Waals surface area contributed by atoms with Gasteiger partial charge in [-0.1, -0.05) is 12.1 Å². The molecule has 0 spiro atoms. The quantitative estimate of drug-likeness (QED) is 0.570. The lowest BCUT2D eigenvalue weighted by Crippen LogP contribution is -2.23. The summed E-state index contributed by atoms with van der Waals surface area (Å²) in [6.45, 7) is 0.226. The van der Waals surface area contributed by atoms with E-state index in [0.717, 1.165) is 46.9 Å². The number of carbonyl (C=O) groups excluding carboxylic acids is 1. The van der Waals surface area contributed by atoms with Gasteiger partial charge in [-0.05, 0) is 60.9 Å². The number of fused-ring (bicyclic) bond motifs is 1. The molecule has 1 fully saturated rings. The van der Waals surface area contributed by atoms with E-state index < -0.39 is 5.41 Å². The zero-order chi connectivity index (χ0) is 21.4. The van der Waals surface area contributed by atoms with Gasteiger partial charge < -0.3 is 18.9 Å². The van der Waals surface area contributed by atoms with E-state index in [1.165, 1.54) is 0 Å². The normalized spacial score (nSPS) is 15.4. The Kier molecular flexibility index (Phi) is 4.77. The number of pyridine rings is 1. The minimum atomic E-state index is -0.452. The molecule has 6 heteroatoms. The fourth-order valence-corrected chi connectivity index (χ4v) is 4.12. The van der Waals surface area contributed by atoms with Crippen LogP contribution in [-0.4, -0.2) is 31.8 Å². The van der Waals surface area contributed by atoms with Crippen LogP contribution in [-0.2, 0) is 16.6 Å². The first kappa shape index (κ1) is 19.4. The molecule has 0 bridgehead atoms. The van der Waals surface area contributed by atoms with Crippen LogP contribution in [0.4, 0.5) is 0 Å². The molecule has 2 heterocycles. The lowest BCUT2D eigenvalue weighted by Gasteiger charge is -2.15. The summed E-state index contributed by atoms with van der Waals surface area (Å²) in [5, 5.41) is 0. The van der Waals surface area contributed by atoms with Crippen molar-refractivity contribution in [3.63, 3.8) is 0 Å². The monoisotopic (exact) mass is 417 g/mol. The van der Waals surface area contributed by atoms with Crippen LogP contribution in [0.25, 0.3) is 11.3 Å². The summed E-state index contributed by atoms with van der Waals surface area (Å²) in [5.74, 6) is 3.04. The molecular weight excluding hydrogens is 394 g/mol. The predicted molar refractivity (Wildman–Crippen MR) is 115 cm³/mol. The van der Waals surface area contributed by atoms with Crippen molar-refractivity contribution in [1.29, 1.82) is 0 Å². The van der Waals surface area contributed by atoms with Crippen LogP contribution in [0.2, 0.25) is 0 Å². The molecule has 31 heavy (non-hydrogen) atoms. The van der Waals surface area contributed by atoms with Gasteiger partial charge in [0.1, 0.15) is 17.3 Å². The minimum absolute atomic E-state index is 0.175. The van der Waals surface area contributed by atoms with Crippen LogP contribution < -0.4 is 18.9 Å². The van der Waals surface area contributed by atoms with E-state index in [-0.39, 0.29) is 19.0 Å². The number of Topliss-reactive ketones (excluding diaryl/α,β-unsaturated/α-hetero) is 1. The standard InChI is InChI=1S/C25H23NO5/c1-28-18-7-9-21(29-2)19(14-18)20-5-3-4-17(26-20)13-24(27)25(10-11-25)16-6-8-22-23(12-16)31-15-30-22/h3-9,12,14H,10-11,13,15H2,1-2H3. The molecule has 1 aromatic heterocycles. The van der Waals surface area contributed by atoms with Gasteiger partial charge in [0.25, 0.3) is 0 Å². The maximum Gasteiger partial charge on any atom is 0.231 e. The van der Waals surface area contributed by atoms with Gasteiger partial charge in [-0.3, -0.25) is 9.78 Å². The molecule has 0 unspecified atom stereocenters. The fraction of sp³-hybridized carbons (Fsp3) is 0.280. The predicted octanol–water partition coefficient (Wildman–Crippen LogP) is 4.34. The topological polar surface area (TPSA) is 66.9 Å². The van der Waals surface area contributed by atoms with Crippen molar-refractivity contribution in [2.75, 3.05) is 21.0 Å². The summed E-state index contributed by atoms with van der Waals surface area (Å²) in [5.41, 5.74) is 2.85. The summed E-state index contributed by atoms with van der Waals surface area (Å²) < 4.78 is 21.7. The maximum atomic E-state index is 13.3. The second-order valence-corrected chi connectivity index (χ2v) is 7.83. The highest BCUT2D eigenvalue weighted by Gasteiger charge is 2.51. The summed E-state index contributed by atoms with van der Waals surface area (Å²) in [7, 11) is 3.25. The Morgan fingerprint density at radius 3 is 2.61 bits per heavy atom. The van der Waals surface area contributed by atoms with Gasteiger partial charge in [0.05, 0.1) is 25.3 Å². The number of ether oxygens (including phenoxy) is 4. The number of methoxy groups -OCH3 is 2. The van der Waals surface area contributed by atoms with Crippen molar-refractivity contribution in [1.82, 2.24) is 4.98 Å². The molecule has 1 aliphatic heterocycles. The molecule has 0 atom stereocenters. The van der Waals surface area contributed by atoms with Crippen molar-refractivity contribution in [3.8, 4) is 34.3 Å². The van der Waals surface area contributed by atoms with Crippen LogP contribution >= 0.6 is 0 Å². The van der Waals surface area contributed by atoms with E-state index in [9.17, 15) is 4.79 Å². The molecule has 0 radical (unpaired) electrons. The van der Waals surface area contributed by atoms with Crippen LogP contribution in [0.5, 0.6) is 23.0 Å². The molecule has 1 aliphatic carbocycles. The molecule has 2 aliphatic rings. The highest BCUT2D eigenvalue weighted by Crippen LogP contribution is 2.51. The molecule has 0 amide bonds. The highest BCUT2D eigenvalue weighted by atomic mass is 16.7. The lowest BCUT2D eigenvalue weighted by molar-refractivity contribution is -0.120. The number of hydrogen-bond acceptors (Lipinski definition) is 6. The highest BCUT2D eigenvalue weighted by molar-refractivity contribution is 5.94. The first-order valence-corrected chi connectivity index (χ1v) is 10.2. The number of hydrogen-bond donors (Lipinski definition) is 0. The first-order valence-electron chi connectivity index (χ1n) is 10.2. The van der Waals surface area contributed by atoms with Crippen LogP contribution in [0.3, 0.4) is 0 Å². The Hall–Kier alpha value is -3.54. The number of carbonyl (C=O) groups is 1. The lowest BCUT2D eigenvalue weighted by atomic mass is 9.88. The molecule has 3 aromatic rings. The third-order valence-electron chi connectivity index (χ3n) is 6.04. The minimum Gasteiger partial charge on any atom is -0.497 e. The van der Waals surface area contributed by atoms with Crippen LogP contribution in [0.1, 0.15) is 24.1 Å². The molecule has 5 rings (SSSR count). The summed E-state index contributed by atoms with van der Waals surface area (Å²) in [6.07, 6.45) is 1.96. The molecule has 2 aromatic carbocycles. The van der Waals surface area contributed by atoms with Crippen molar-refractivity contribution in [2.24, 2.45) is 0 Å². The third kappa shape index (κ3) is 3.48. The Labute approximate surface area is 180 Å². The van der Waals surface area contributed by atoms with Gasteiger partial charge >= 0.3 is 0 Å². The average molecular weight is 417 g/mol. The molecule has 1 saturated carbocycles. The van der Waals surface area contributed by atoms with Gasteiger partial charge in [-0.25, -0.2) is 0 Å². The number of aromatic nitrogens is 1. The van der Waals surface area contributed by atoms with Crippen molar-refractivity contribution >= 4 is 5.78 Å². The van der Waals surface area contributed by atoms with Gasteiger partial charge in [-0.2, -0.15) is 0 Å². The number of nitrogens with zero attached hydrogens (tertiary/aromatic N) is 1. The zero-order valence-corrected chi connectivity index (χ0v) is 17.5. The van der Waals surface area contributed by atoms with Crippen molar-refractivity contribution in [2.45, 2.75) is 24.7 Å². The van der Waals surface area contributed by atoms with Crippen molar-refractivity contribution < 1.29 is 23.7 Å². The van der Waals surface area contributed by atoms with E-state index in [1.54, 1.807) is 14.2 Å². The van der Waals surface area contributed by atoms with Gasteiger partial charge in [0, 0.05) is 17.7 Å². The van der Waals surface area contributed by atoms with Crippen LogP contribution in [0.15, 0.2) is 54.6 Å². The molecule has 0 N–H and O–H groups in total. The average Bonchev–Trinajstić information content (AvgIpc) is 3.49. The van der Waals surface area contributed by atoms with Gasteiger partial charge in [0.15, 0.2) is 11.5 Å². The van der Waals surface area contributed by atoms with Crippen molar-refractivity contribution in [3.05, 3.63) is 65.9 Å². The van der Waals surface area contributed by atoms with E-state index in [4.69, 9.17) is 23.9 Å². The molecule has 158 valence electrons. The smallest absolute Gasteiger partial charge is 0.231 e. The third-order valence-corrected chi connectivity index (χ3v) is 6.04. The molecule has 0 saturated heterocycles. The fourth-order valence-electron chi connectivity index (χ4n) is 4.12. The summed E-state index contributed by atoms with van der Waals surface area (Å²) in [4.78, 5) is 18.1. The Morgan fingerprint density at radius 2 is 1.84 bits per heavy atom. The largest absolute Gasteiger partial charge is 0.497 e. The SMILES string of the molecule is COc1ccc(OC)c(-c2cccc(CC(=O)C3(c4ccc5c(c4)OCO5)CC3)n2)c1. The number of rotatable bonds is 7. The summed E-state index contributed by atoms with van der Waals surface area (Å²) in [6, 6.07) is 17.1. The van der Waals surface area contributed by atoms with E-state index in [2.05, 4.69) is 0 Å². The van der Waals surface area contributed by atoms with Crippen LogP contribution in [0, 0.1) is 0 Å². The second-order valence-electron chi connectivity index (χ2n) is 7.83. The Balaban J connectivity index is 1.41. The first-order chi connectivity index (χ1) is 15.1. The maximum absolute atomic E-state index is 13.3. The van der Waals surface area contributed by atoms with E-state index in [1.807, 2.05) is 54.6 Å². The number of benzene rings is 2. The summed E-state index contributed by atoms with van der Waals surface area (Å²) >= 11 is 0. The Bertz CT molecular complexity index is 1150. The second kappa shape index (κ2) is 7.61. The van der Waals surface area contributed by atoms with Gasteiger partial charge in [-0.15, -0.1) is 0 Å².